The molecule has 5 rings (SSSR count). The molecule has 1 N–H and O–H groups in total. The number of ether oxygens (including phenoxy) is 2. The molecule has 4 aromatic rings. The van der Waals surface area contributed by atoms with Crippen molar-refractivity contribution in [2.24, 2.45) is 5.92 Å². The van der Waals surface area contributed by atoms with E-state index >= 15 is 0 Å². The summed E-state index contributed by atoms with van der Waals surface area (Å²) in [6.07, 6.45) is 7.74. The number of hydrogen-bond donors (Lipinski definition) is 1. The number of methoxy groups -OCH3 is 1. The largest absolute Gasteiger partial charge is 0.596 e. The van der Waals surface area contributed by atoms with E-state index in [1.807, 2.05) is 46.2 Å². The molecule has 1 aliphatic heterocycles. The van der Waals surface area contributed by atoms with E-state index in [2.05, 4.69) is 15.2 Å². The fraction of sp³-hybridized carbons (Fsp3) is 0.452. The first-order valence-corrected chi connectivity index (χ1v) is 14.5. The third kappa shape index (κ3) is 6.69. The van der Waals surface area contributed by atoms with Crippen LogP contribution in [0, 0.1) is 18.7 Å². The smallest absolute Gasteiger partial charge is 0.406 e. The minimum absolute atomic E-state index is 0.144. The first kappa shape index (κ1) is 30.1. The lowest BCUT2D eigenvalue weighted by atomic mass is 10.1. The Balaban J connectivity index is 1.42. The number of imidazole rings is 1. The summed E-state index contributed by atoms with van der Waals surface area (Å²) in [7, 11) is 1.63. The SMILES string of the molecule is CC/[N+](=C\C1CCN(c2ccc(C(=O)Nc3cc(F)c4nc(C)cn4c3)c3nn(CCOC)cc23)C1)C(=O)OC(C)(C)C. The molecule has 11 nitrogen and oxygen atoms in total. The van der Waals surface area contributed by atoms with Gasteiger partial charge in [-0.2, -0.15) is 9.89 Å². The number of pyridine rings is 1. The maximum absolute atomic E-state index is 14.7. The van der Waals surface area contributed by atoms with Gasteiger partial charge in [0, 0.05) is 55.9 Å². The van der Waals surface area contributed by atoms with Crippen LogP contribution >= 0.6 is 0 Å². The molecule has 1 unspecified atom stereocenters. The number of halogens is 1. The molecule has 0 radical (unpaired) electrons. The van der Waals surface area contributed by atoms with Gasteiger partial charge < -0.3 is 24.1 Å². The lowest BCUT2D eigenvalue weighted by molar-refractivity contribution is -0.444. The van der Waals surface area contributed by atoms with Crippen LogP contribution in [0.25, 0.3) is 16.6 Å². The summed E-state index contributed by atoms with van der Waals surface area (Å²) in [6, 6.07) is 4.95. The third-order valence-corrected chi connectivity index (χ3v) is 7.28. The molecule has 0 aliphatic carbocycles. The Kier molecular flexibility index (Phi) is 8.50. The fourth-order valence-electron chi connectivity index (χ4n) is 5.34. The van der Waals surface area contributed by atoms with Gasteiger partial charge in [0.2, 0.25) is 0 Å². The predicted molar refractivity (Wildman–Crippen MR) is 163 cm³/mol. The van der Waals surface area contributed by atoms with E-state index in [1.54, 1.807) is 46.2 Å². The summed E-state index contributed by atoms with van der Waals surface area (Å²) < 4.78 is 30.4. The van der Waals surface area contributed by atoms with Crippen LogP contribution in [-0.4, -0.2) is 80.9 Å². The average Bonchev–Trinajstić information content (AvgIpc) is 3.67. The summed E-state index contributed by atoms with van der Waals surface area (Å²) in [5, 5.41) is 8.39. The number of amides is 2. The van der Waals surface area contributed by atoms with Gasteiger partial charge in [0.1, 0.15) is 11.1 Å². The van der Waals surface area contributed by atoms with E-state index in [4.69, 9.17) is 14.6 Å². The molecule has 0 spiro atoms. The van der Waals surface area contributed by atoms with Gasteiger partial charge in [0.15, 0.2) is 24.2 Å². The zero-order chi connectivity index (χ0) is 30.9. The Morgan fingerprint density at radius 1 is 1.23 bits per heavy atom. The Morgan fingerprint density at radius 3 is 2.74 bits per heavy atom. The van der Waals surface area contributed by atoms with Crippen LogP contribution in [0.3, 0.4) is 0 Å². The zero-order valence-corrected chi connectivity index (χ0v) is 25.6. The van der Waals surface area contributed by atoms with Gasteiger partial charge in [-0.25, -0.2) is 9.37 Å². The second kappa shape index (κ2) is 12.1. The Morgan fingerprint density at radius 2 is 2.02 bits per heavy atom. The van der Waals surface area contributed by atoms with Crippen LogP contribution in [0.2, 0.25) is 0 Å². The molecular weight excluding hydrogens is 553 g/mol. The van der Waals surface area contributed by atoms with E-state index < -0.39 is 17.3 Å². The minimum Gasteiger partial charge on any atom is -0.406 e. The molecule has 228 valence electrons. The van der Waals surface area contributed by atoms with E-state index in [-0.39, 0.29) is 17.7 Å². The number of carbonyl (C=O) groups is 2. The highest BCUT2D eigenvalue weighted by Crippen LogP contribution is 2.33. The quantitative estimate of drug-likeness (QED) is 0.229. The highest BCUT2D eigenvalue weighted by atomic mass is 19.1. The summed E-state index contributed by atoms with van der Waals surface area (Å²) in [5.41, 5.74) is 2.50. The van der Waals surface area contributed by atoms with Crippen molar-refractivity contribution in [2.75, 3.05) is 43.6 Å². The molecule has 3 aromatic heterocycles. The van der Waals surface area contributed by atoms with Crippen molar-refractivity contribution in [3.63, 3.8) is 0 Å². The molecule has 43 heavy (non-hydrogen) atoms. The average molecular weight is 593 g/mol. The molecule has 1 aliphatic rings. The highest BCUT2D eigenvalue weighted by Gasteiger charge is 2.31. The summed E-state index contributed by atoms with van der Waals surface area (Å²) >= 11 is 0. The third-order valence-electron chi connectivity index (χ3n) is 7.28. The van der Waals surface area contributed by atoms with Crippen LogP contribution < -0.4 is 10.2 Å². The monoisotopic (exact) mass is 592 g/mol. The summed E-state index contributed by atoms with van der Waals surface area (Å²) in [4.78, 5) is 32.6. The number of rotatable bonds is 8. The van der Waals surface area contributed by atoms with E-state index in [0.717, 1.165) is 24.0 Å². The number of nitrogens with one attached hydrogen (secondary N) is 1. The van der Waals surface area contributed by atoms with Crippen molar-refractivity contribution in [1.29, 1.82) is 0 Å². The number of anilines is 2. The van der Waals surface area contributed by atoms with E-state index in [1.165, 1.54) is 6.07 Å². The topological polar surface area (TPSA) is 106 Å². The molecule has 1 saturated heterocycles. The number of aryl methyl sites for hydroxylation is 1. The van der Waals surface area contributed by atoms with Crippen molar-refractivity contribution < 1.29 is 28.0 Å². The molecule has 1 atom stereocenters. The summed E-state index contributed by atoms with van der Waals surface area (Å²) in [5.74, 6) is -0.776. The van der Waals surface area contributed by atoms with Crippen LogP contribution in [0.4, 0.5) is 20.6 Å². The zero-order valence-electron chi connectivity index (χ0n) is 25.6. The number of nitrogens with zero attached hydrogens (tertiary/aromatic N) is 6. The molecule has 2 amide bonds. The standard InChI is InChI=1S/C31H38FN7O4/c1-7-36(30(41)43-31(3,4)5)16-21-10-11-37(17-21)26-9-8-23(27-24(26)19-39(35-27)12-13-42-6)29(40)34-22-14-25(32)28-33-20(2)15-38(28)18-22/h8-9,14-16,18-19,21H,7,10-13,17H2,1-6H3/p+1/b36-16+. The number of hydrogen-bond acceptors (Lipinski definition) is 7. The molecule has 12 heteroatoms. The minimum atomic E-state index is -0.567. The molecule has 0 saturated carbocycles. The van der Waals surface area contributed by atoms with Gasteiger partial charge in [0.05, 0.1) is 36.0 Å². The van der Waals surface area contributed by atoms with Gasteiger partial charge in [0.25, 0.3) is 5.91 Å². The number of benzene rings is 1. The van der Waals surface area contributed by atoms with E-state index in [0.29, 0.717) is 48.7 Å². The van der Waals surface area contributed by atoms with Gasteiger partial charge in [-0.05, 0) is 53.2 Å². The molecule has 1 aromatic carbocycles. The van der Waals surface area contributed by atoms with Crippen LogP contribution in [0.5, 0.6) is 0 Å². The predicted octanol–water partition coefficient (Wildman–Crippen LogP) is 4.89. The molecule has 1 fully saturated rings. The first-order valence-electron chi connectivity index (χ1n) is 14.5. The van der Waals surface area contributed by atoms with Crippen molar-refractivity contribution in [3.8, 4) is 0 Å². The Labute approximate surface area is 249 Å². The Hall–Kier alpha value is -4.32. The van der Waals surface area contributed by atoms with Crippen molar-refractivity contribution in [3.05, 3.63) is 53.9 Å². The maximum atomic E-state index is 14.7. The highest BCUT2D eigenvalue weighted by molar-refractivity contribution is 6.14. The number of carbonyl (C=O) groups excluding carboxylic acids is 2. The van der Waals surface area contributed by atoms with Crippen LogP contribution in [0.1, 0.15) is 50.2 Å². The van der Waals surface area contributed by atoms with Crippen molar-refractivity contribution >= 4 is 46.1 Å². The van der Waals surface area contributed by atoms with Gasteiger partial charge in [-0.3, -0.25) is 9.48 Å². The van der Waals surface area contributed by atoms with Crippen molar-refractivity contribution in [1.82, 2.24) is 19.2 Å². The molecule has 4 heterocycles. The van der Waals surface area contributed by atoms with Gasteiger partial charge in [-0.1, -0.05) is 0 Å². The maximum Gasteiger partial charge on any atom is 0.596 e. The number of fused-ring (bicyclic) bond motifs is 2. The fourth-order valence-corrected chi connectivity index (χ4v) is 5.34. The van der Waals surface area contributed by atoms with Gasteiger partial charge >= 0.3 is 6.09 Å². The first-order chi connectivity index (χ1) is 20.5. The summed E-state index contributed by atoms with van der Waals surface area (Å²) in [6.45, 7) is 12.3. The number of aromatic nitrogens is 4. The van der Waals surface area contributed by atoms with E-state index in [9.17, 15) is 14.0 Å². The second-order valence-electron chi connectivity index (χ2n) is 11.8. The van der Waals surface area contributed by atoms with Crippen LogP contribution in [-0.2, 0) is 16.0 Å². The lowest BCUT2D eigenvalue weighted by Gasteiger charge is -2.19. The van der Waals surface area contributed by atoms with Gasteiger partial charge in [-0.15, -0.1) is 4.58 Å². The normalized spacial score (nSPS) is 15.9. The lowest BCUT2D eigenvalue weighted by Crippen LogP contribution is -2.33. The Bertz CT molecular complexity index is 1700. The second-order valence-corrected chi connectivity index (χ2v) is 11.8. The molecule has 0 bridgehead atoms. The van der Waals surface area contributed by atoms with Crippen molar-refractivity contribution in [2.45, 2.75) is 53.2 Å². The molecular formula is C31H39FN7O4+. The van der Waals surface area contributed by atoms with Crippen LogP contribution in [0.15, 0.2) is 36.8 Å².